The van der Waals surface area contributed by atoms with Crippen LogP contribution in [0.3, 0.4) is 0 Å². The highest BCUT2D eigenvalue weighted by Crippen LogP contribution is 2.22. The standard InChI is InChI=1S/C12H18N2O4/c1-12(2,3)9-7-8(13-18-9)11(17)14(4)6-5-10(15)16/h7H,5-6H2,1-4H3,(H,15,16). The zero-order valence-electron chi connectivity index (χ0n) is 11.1. The predicted octanol–water partition coefficient (Wildman–Crippen LogP) is 1.52. The second kappa shape index (κ2) is 5.20. The maximum absolute atomic E-state index is 11.9. The van der Waals surface area contributed by atoms with Gasteiger partial charge in [0.05, 0.1) is 6.42 Å². The Bertz CT molecular complexity index is 445. The summed E-state index contributed by atoms with van der Waals surface area (Å²) in [5, 5.41) is 12.3. The van der Waals surface area contributed by atoms with Crippen LogP contribution in [0, 0.1) is 0 Å². The molecule has 0 saturated carbocycles. The minimum atomic E-state index is -0.940. The number of carboxylic acid groups (broad SMARTS) is 1. The molecule has 1 rings (SSSR count). The van der Waals surface area contributed by atoms with E-state index >= 15 is 0 Å². The molecule has 0 radical (unpaired) electrons. The maximum Gasteiger partial charge on any atom is 0.305 e. The predicted molar refractivity (Wildman–Crippen MR) is 64.4 cm³/mol. The van der Waals surface area contributed by atoms with Gasteiger partial charge >= 0.3 is 5.97 Å². The summed E-state index contributed by atoms with van der Waals surface area (Å²) in [6, 6.07) is 1.60. The Balaban J connectivity index is 2.72. The lowest BCUT2D eigenvalue weighted by Gasteiger charge is -2.14. The molecular weight excluding hydrogens is 236 g/mol. The third-order valence-electron chi connectivity index (χ3n) is 2.48. The number of amides is 1. The van der Waals surface area contributed by atoms with Gasteiger partial charge in [0.25, 0.3) is 5.91 Å². The summed E-state index contributed by atoms with van der Waals surface area (Å²) in [6.45, 7) is 6.01. The molecule has 0 bridgehead atoms. The van der Waals surface area contributed by atoms with E-state index < -0.39 is 5.97 Å². The molecule has 1 amide bonds. The highest BCUT2D eigenvalue weighted by atomic mass is 16.5. The van der Waals surface area contributed by atoms with Crippen LogP contribution in [-0.2, 0) is 10.2 Å². The zero-order valence-corrected chi connectivity index (χ0v) is 11.1. The third kappa shape index (κ3) is 3.58. The molecule has 0 aliphatic carbocycles. The number of aromatic nitrogens is 1. The van der Waals surface area contributed by atoms with Crippen molar-refractivity contribution in [2.45, 2.75) is 32.6 Å². The van der Waals surface area contributed by atoms with E-state index in [2.05, 4.69) is 5.16 Å². The minimum Gasteiger partial charge on any atom is -0.481 e. The number of rotatable bonds is 4. The van der Waals surface area contributed by atoms with Gasteiger partial charge in [0.15, 0.2) is 5.69 Å². The van der Waals surface area contributed by atoms with Gasteiger partial charge in [0.2, 0.25) is 0 Å². The van der Waals surface area contributed by atoms with Gasteiger partial charge in [0.1, 0.15) is 5.76 Å². The summed E-state index contributed by atoms with van der Waals surface area (Å²) < 4.78 is 5.11. The second-order valence-corrected chi connectivity index (χ2v) is 5.20. The van der Waals surface area contributed by atoms with Gasteiger partial charge in [0, 0.05) is 25.1 Å². The molecule has 0 spiro atoms. The van der Waals surface area contributed by atoms with Gasteiger partial charge in [-0.3, -0.25) is 9.59 Å². The second-order valence-electron chi connectivity index (χ2n) is 5.20. The first-order chi connectivity index (χ1) is 8.21. The van der Waals surface area contributed by atoms with Gasteiger partial charge in [-0.2, -0.15) is 0 Å². The molecule has 6 heteroatoms. The van der Waals surface area contributed by atoms with E-state index in [-0.39, 0.29) is 30.0 Å². The number of aliphatic carboxylic acids is 1. The van der Waals surface area contributed by atoms with Crippen LogP contribution in [0.15, 0.2) is 10.6 Å². The van der Waals surface area contributed by atoms with Gasteiger partial charge in [-0.25, -0.2) is 0 Å². The highest BCUT2D eigenvalue weighted by Gasteiger charge is 2.23. The summed E-state index contributed by atoms with van der Waals surface area (Å²) in [7, 11) is 1.54. The Labute approximate surface area is 106 Å². The van der Waals surface area contributed by atoms with Crippen LogP contribution < -0.4 is 0 Å². The Kier molecular flexibility index (Phi) is 4.11. The number of carboxylic acids is 1. The van der Waals surface area contributed by atoms with E-state index in [0.29, 0.717) is 5.76 Å². The van der Waals surface area contributed by atoms with Gasteiger partial charge in [-0.05, 0) is 0 Å². The van der Waals surface area contributed by atoms with Crippen molar-refractivity contribution in [1.29, 1.82) is 0 Å². The van der Waals surface area contributed by atoms with Crippen molar-refractivity contribution in [2.75, 3.05) is 13.6 Å². The molecule has 1 N–H and O–H groups in total. The van der Waals surface area contributed by atoms with E-state index in [1.54, 1.807) is 6.07 Å². The molecule has 0 atom stereocenters. The molecule has 100 valence electrons. The lowest BCUT2D eigenvalue weighted by Crippen LogP contribution is -2.29. The molecule has 1 aromatic heterocycles. The van der Waals surface area contributed by atoms with Crippen LogP contribution in [-0.4, -0.2) is 40.6 Å². The number of nitrogens with zero attached hydrogens (tertiary/aromatic N) is 2. The fourth-order valence-corrected chi connectivity index (χ4v) is 1.29. The van der Waals surface area contributed by atoms with Crippen molar-refractivity contribution in [1.82, 2.24) is 10.1 Å². The number of hydrogen-bond donors (Lipinski definition) is 1. The summed E-state index contributed by atoms with van der Waals surface area (Å²) in [4.78, 5) is 23.7. The number of hydrogen-bond acceptors (Lipinski definition) is 4. The Hall–Kier alpha value is -1.85. The summed E-state index contributed by atoms with van der Waals surface area (Å²) in [5.74, 6) is -0.654. The average molecular weight is 254 g/mol. The first-order valence-corrected chi connectivity index (χ1v) is 5.66. The molecule has 1 heterocycles. The normalized spacial score (nSPS) is 11.3. The number of carbonyl (C=O) groups excluding carboxylic acids is 1. The van der Waals surface area contributed by atoms with Gasteiger partial charge in [-0.15, -0.1) is 0 Å². The van der Waals surface area contributed by atoms with Crippen molar-refractivity contribution in [2.24, 2.45) is 0 Å². The molecule has 0 unspecified atom stereocenters. The monoisotopic (exact) mass is 254 g/mol. The Morgan fingerprint density at radius 2 is 2.06 bits per heavy atom. The Morgan fingerprint density at radius 1 is 1.44 bits per heavy atom. The first-order valence-electron chi connectivity index (χ1n) is 5.66. The molecule has 6 nitrogen and oxygen atoms in total. The van der Waals surface area contributed by atoms with Crippen LogP contribution in [0.1, 0.15) is 43.4 Å². The first kappa shape index (κ1) is 14.2. The van der Waals surface area contributed by atoms with E-state index in [9.17, 15) is 9.59 Å². The molecule has 1 aromatic rings. The maximum atomic E-state index is 11.9. The van der Waals surface area contributed by atoms with Crippen molar-refractivity contribution >= 4 is 11.9 Å². The average Bonchev–Trinajstić information content (AvgIpc) is 2.73. The SMILES string of the molecule is CN(CCC(=O)O)C(=O)c1cc(C(C)(C)C)on1. The topological polar surface area (TPSA) is 83.6 Å². The van der Waals surface area contributed by atoms with E-state index in [0.717, 1.165) is 0 Å². The molecule has 18 heavy (non-hydrogen) atoms. The van der Waals surface area contributed by atoms with Crippen LogP contribution in [0.2, 0.25) is 0 Å². The van der Waals surface area contributed by atoms with Crippen LogP contribution in [0.25, 0.3) is 0 Å². The van der Waals surface area contributed by atoms with Crippen molar-refractivity contribution < 1.29 is 19.2 Å². The van der Waals surface area contributed by atoms with Crippen molar-refractivity contribution in [3.63, 3.8) is 0 Å². The lowest BCUT2D eigenvalue weighted by atomic mass is 9.93. The largest absolute Gasteiger partial charge is 0.481 e. The molecular formula is C12H18N2O4. The molecule has 0 saturated heterocycles. The summed E-state index contributed by atoms with van der Waals surface area (Å²) >= 11 is 0. The zero-order chi connectivity index (χ0) is 13.9. The summed E-state index contributed by atoms with van der Waals surface area (Å²) in [5.41, 5.74) is -0.0154. The fourth-order valence-electron chi connectivity index (χ4n) is 1.29. The fraction of sp³-hybridized carbons (Fsp3) is 0.583. The molecule has 0 aromatic carbocycles. The van der Waals surface area contributed by atoms with Crippen molar-refractivity contribution in [3.8, 4) is 0 Å². The lowest BCUT2D eigenvalue weighted by molar-refractivity contribution is -0.137. The molecule has 0 fully saturated rings. The third-order valence-corrected chi connectivity index (χ3v) is 2.48. The smallest absolute Gasteiger partial charge is 0.305 e. The van der Waals surface area contributed by atoms with Gasteiger partial charge in [-0.1, -0.05) is 25.9 Å². The number of carbonyl (C=O) groups is 2. The minimum absolute atomic E-state index is 0.0911. The summed E-state index contributed by atoms with van der Waals surface area (Å²) in [6.07, 6.45) is -0.0911. The van der Waals surface area contributed by atoms with Gasteiger partial charge < -0.3 is 14.5 Å². The Morgan fingerprint density at radius 3 is 2.50 bits per heavy atom. The van der Waals surface area contributed by atoms with Crippen LogP contribution >= 0.6 is 0 Å². The van der Waals surface area contributed by atoms with E-state index in [1.807, 2.05) is 20.8 Å². The highest BCUT2D eigenvalue weighted by molar-refractivity contribution is 5.92. The molecule has 0 aliphatic rings. The van der Waals surface area contributed by atoms with Crippen LogP contribution in [0.5, 0.6) is 0 Å². The van der Waals surface area contributed by atoms with E-state index in [1.165, 1.54) is 11.9 Å². The van der Waals surface area contributed by atoms with Crippen molar-refractivity contribution in [3.05, 3.63) is 17.5 Å². The van der Waals surface area contributed by atoms with Crippen LogP contribution in [0.4, 0.5) is 0 Å². The quantitative estimate of drug-likeness (QED) is 0.880. The van der Waals surface area contributed by atoms with E-state index in [4.69, 9.17) is 9.63 Å². The molecule has 0 aliphatic heterocycles.